The van der Waals surface area contributed by atoms with Crippen molar-refractivity contribution in [3.8, 4) is 0 Å². The summed E-state index contributed by atoms with van der Waals surface area (Å²) in [5, 5.41) is 0. The molecule has 0 N–H and O–H groups in total. The Morgan fingerprint density at radius 3 is 2.36 bits per heavy atom. The van der Waals surface area contributed by atoms with Gasteiger partial charge in [-0.25, -0.2) is 4.79 Å². The van der Waals surface area contributed by atoms with Gasteiger partial charge in [0.15, 0.2) is 0 Å². The van der Waals surface area contributed by atoms with Crippen molar-refractivity contribution in [2.24, 2.45) is 0 Å². The lowest BCUT2D eigenvalue weighted by Gasteiger charge is -2.26. The average Bonchev–Trinajstić information content (AvgIpc) is 2.02. The number of carbonyl (C=O) groups is 1. The van der Waals surface area contributed by atoms with Gasteiger partial charge in [-0.05, 0) is 34.1 Å². The largest absolute Gasteiger partial charge is 0.444 e. The minimum absolute atomic E-state index is 0.367. The molecule has 0 aromatic heterocycles. The zero-order valence-corrected chi connectivity index (χ0v) is 9.47. The Morgan fingerprint density at radius 2 is 2.00 bits per heavy atom. The number of nitrogens with zero attached hydrogens (tertiary/aromatic N) is 1. The molecule has 0 atom stereocenters. The average molecular weight is 205 g/mol. The molecule has 14 heavy (non-hydrogen) atoms. The third kappa shape index (κ3) is 5.78. The molecule has 0 fully saturated rings. The number of amides is 1. The third-order valence-electron chi connectivity index (χ3n) is 1.60. The van der Waals surface area contributed by atoms with Gasteiger partial charge in [-0.1, -0.05) is 0 Å². The summed E-state index contributed by atoms with van der Waals surface area (Å²) in [4.78, 5) is 13.0. The maximum atomic E-state index is 11.9. The topological polar surface area (TPSA) is 29.5 Å². The highest BCUT2D eigenvalue weighted by molar-refractivity contribution is 5.68. The maximum Gasteiger partial charge on any atom is 0.410 e. The van der Waals surface area contributed by atoms with Crippen molar-refractivity contribution in [3.05, 3.63) is 0 Å². The number of halogens is 1. The standard InChI is InChI=1S/C10H20FNO2/c1-5-12(8-6-7-11)9(13)14-10(2,3)4/h5-8H2,1-4H3. The van der Waals surface area contributed by atoms with Crippen molar-refractivity contribution in [1.82, 2.24) is 4.90 Å². The van der Waals surface area contributed by atoms with Gasteiger partial charge >= 0.3 is 6.09 Å². The quantitative estimate of drug-likeness (QED) is 0.706. The molecule has 0 aromatic carbocycles. The molecule has 0 bridgehead atoms. The van der Waals surface area contributed by atoms with E-state index in [4.69, 9.17) is 4.74 Å². The Bertz CT molecular complexity index is 177. The van der Waals surface area contributed by atoms with Crippen LogP contribution in [-0.4, -0.2) is 36.4 Å². The van der Waals surface area contributed by atoms with Gasteiger partial charge in [0, 0.05) is 13.1 Å². The summed E-state index contributed by atoms with van der Waals surface area (Å²) in [6, 6.07) is 0. The summed E-state index contributed by atoms with van der Waals surface area (Å²) >= 11 is 0. The number of carbonyl (C=O) groups excluding carboxylic acids is 1. The first-order valence-electron chi connectivity index (χ1n) is 4.94. The van der Waals surface area contributed by atoms with Crippen LogP contribution in [0, 0.1) is 0 Å². The molecule has 0 heterocycles. The van der Waals surface area contributed by atoms with E-state index in [2.05, 4.69) is 0 Å². The highest BCUT2D eigenvalue weighted by Gasteiger charge is 2.20. The summed E-state index contributed by atoms with van der Waals surface area (Å²) in [6.45, 7) is 7.86. The van der Waals surface area contributed by atoms with Crippen LogP contribution in [0.5, 0.6) is 0 Å². The van der Waals surface area contributed by atoms with Crippen LogP contribution < -0.4 is 0 Å². The minimum Gasteiger partial charge on any atom is -0.444 e. The predicted octanol–water partition coefficient (Wildman–Crippen LogP) is 2.60. The molecule has 0 spiro atoms. The van der Waals surface area contributed by atoms with E-state index in [-0.39, 0.29) is 6.09 Å². The highest BCUT2D eigenvalue weighted by atomic mass is 19.1. The molecule has 0 saturated heterocycles. The van der Waals surface area contributed by atoms with E-state index in [1.807, 2.05) is 27.7 Å². The van der Waals surface area contributed by atoms with Gasteiger partial charge in [0.25, 0.3) is 0 Å². The molecule has 0 aliphatic heterocycles. The van der Waals surface area contributed by atoms with Gasteiger partial charge in [-0.15, -0.1) is 0 Å². The lowest BCUT2D eigenvalue weighted by atomic mass is 10.2. The molecule has 0 radical (unpaired) electrons. The molecule has 1 amide bonds. The van der Waals surface area contributed by atoms with E-state index in [0.717, 1.165) is 0 Å². The van der Waals surface area contributed by atoms with Crippen LogP contribution >= 0.6 is 0 Å². The van der Waals surface area contributed by atoms with E-state index >= 15 is 0 Å². The van der Waals surface area contributed by atoms with E-state index in [1.54, 1.807) is 0 Å². The fourth-order valence-corrected chi connectivity index (χ4v) is 0.956. The van der Waals surface area contributed by atoms with E-state index in [1.165, 1.54) is 4.90 Å². The summed E-state index contributed by atoms with van der Waals surface area (Å²) in [5.41, 5.74) is -0.486. The van der Waals surface area contributed by atoms with Crippen LogP contribution in [0.25, 0.3) is 0 Å². The van der Waals surface area contributed by atoms with Crippen molar-refractivity contribution in [1.29, 1.82) is 0 Å². The molecule has 0 aromatic rings. The van der Waals surface area contributed by atoms with E-state index in [9.17, 15) is 9.18 Å². The molecule has 84 valence electrons. The first-order chi connectivity index (χ1) is 6.40. The van der Waals surface area contributed by atoms with Crippen molar-refractivity contribution in [2.75, 3.05) is 19.8 Å². The van der Waals surface area contributed by atoms with Crippen molar-refractivity contribution in [3.63, 3.8) is 0 Å². The van der Waals surface area contributed by atoms with Crippen LogP contribution in [0.2, 0.25) is 0 Å². The van der Waals surface area contributed by atoms with E-state index < -0.39 is 12.3 Å². The lowest BCUT2D eigenvalue weighted by Crippen LogP contribution is -2.37. The summed E-state index contributed by atoms with van der Waals surface area (Å²) < 4.78 is 17.1. The van der Waals surface area contributed by atoms with Crippen LogP contribution in [0.1, 0.15) is 34.1 Å². The number of ether oxygens (including phenoxy) is 1. The molecule has 0 aliphatic rings. The third-order valence-corrected chi connectivity index (χ3v) is 1.60. The number of alkyl halides is 1. The summed E-state index contributed by atoms with van der Waals surface area (Å²) in [6.07, 6.45) is 0.000962. The minimum atomic E-state index is -0.486. The SMILES string of the molecule is CCN(CCCF)C(=O)OC(C)(C)C. The van der Waals surface area contributed by atoms with E-state index in [0.29, 0.717) is 19.5 Å². The van der Waals surface area contributed by atoms with Crippen LogP contribution in [0.3, 0.4) is 0 Å². The van der Waals surface area contributed by atoms with Crippen molar-refractivity contribution >= 4 is 6.09 Å². The predicted molar refractivity (Wildman–Crippen MR) is 54.1 cm³/mol. The summed E-state index contributed by atoms with van der Waals surface area (Å²) in [5.74, 6) is 0. The van der Waals surface area contributed by atoms with Crippen LogP contribution in [0.15, 0.2) is 0 Å². The molecule has 3 nitrogen and oxygen atoms in total. The smallest absolute Gasteiger partial charge is 0.410 e. The maximum absolute atomic E-state index is 11.9. The Morgan fingerprint density at radius 1 is 1.43 bits per heavy atom. The molecule has 0 saturated carbocycles. The van der Waals surface area contributed by atoms with Crippen molar-refractivity contribution < 1.29 is 13.9 Å². The number of hydrogen-bond acceptors (Lipinski definition) is 2. The normalized spacial score (nSPS) is 11.2. The number of rotatable bonds is 4. The van der Waals surface area contributed by atoms with Gasteiger partial charge in [0.2, 0.25) is 0 Å². The first kappa shape index (κ1) is 13.2. The zero-order valence-electron chi connectivity index (χ0n) is 9.47. The van der Waals surface area contributed by atoms with Crippen LogP contribution in [0.4, 0.5) is 9.18 Å². The second-order valence-electron chi connectivity index (χ2n) is 4.10. The molecule has 4 heteroatoms. The first-order valence-corrected chi connectivity index (χ1v) is 4.94. The van der Waals surface area contributed by atoms with Gasteiger partial charge < -0.3 is 9.64 Å². The molecular weight excluding hydrogens is 185 g/mol. The Balaban J connectivity index is 4.04. The summed E-state index contributed by atoms with van der Waals surface area (Å²) in [7, 11) is 0. The molecular formula is C10H20FNO2. The second-order valence-corrected chi connectivity index (χ2v) is 4.10. The zero-order chi connectivity index (χ0) is 11.2. The Hall–Kier alpha value is -0.800. The van der Waals surface area contributed by atoms with Gasteiger partial charge in [0.1, 0.15) is 5.60 Å². The lowest BCUT2D eigenvalue weighted by molar-refractivity contribution is 0.0256. The fourth-order valence-electron chi connectivity index (χ4n) is 0.956. The fraction of sp³-hybridized carbons (Fsp3) is 0.900. The number of hydrogen-bond donors (Lipinski definition) is 0. The van der Waals surface area contributed by atoms with Gasteiger partial charge in [-0.3, -0.25) is 4.39 Å². The Labute approximate surface area is 85.2 Å². The highest BCUT2D eigenvalue weighted by Crippen LogP contribution is 2.09. The molecule has 0 rings (SSSR count). The van der Waals surface area contributed by atoms with Gasteiger partial charge in [0.05, 0.1) is 6.67 Å². The van der Waals surface area contributed by atoms with Crippen molar-refractivity contribution in [2.45, 2.75) is 39.7 Å². The second kappa shape index (κ2) is 5.83. The monoisotopic (exact) mass is 205 g/mol. The van der Waals surface area contributed by atoms with Gasteiger partial charge in [-0.2, -0.15) is 0 Å². The Kier molecular flexibility index (Phi) is 5.50. The van der Waals surface area contributed by atoms with Crippen LogP contribution in [-0.2, 0) is 4.74 Å². The molecule has 0 unspecified atom stereocenters. The molecule has 0 aliphatic carbocycles.